The van der Waals surface area contributed by atoms with Crippen LogP contribution in [-0.4, -0.2) is 35.1 Å². The van der Waals surface area contributed by atoms with E-state index < -0.39 is 6.04 Å². The zero-order chi connectivity index (χ0) is 21.9. The zero-order valence-corrected chi connectivity index (χ0v) is 18.9. The fourth-order valence-corrected chi connectivity index (χ4v) is 3.88. The molecule has 4 nitrogen and oxygen atoms in total. The second-order valence-corrected chi connectivity index (χ2v) is 8.44. The number of nitrogens with zero attached hydrogens (tertiary/aromatic N) is 1. The number of rotatable bonds is 11. The van der Waals surface area contributed by atoms with Gasteiger partial charge in [0.2, 0.25) is 11.8 Å². The van der Waals surface area contributed by atoms with Crippen molar-refractivity contribution in [3.05, 3.63) is 64.9 Å². The summed E-state index contributed by atoms with van der Waals surface area (Å²) in [4.78, 5) is 28.4. The van der Waals surface area contributed by atoms with Crippen LogP contribution in [0.2, 0.25) is 5.02 Å². The molecular formula is C23H28ClFN2O2S. The van der Waals surface area contributed by atoms with Crippen molar-refractivity contribution in [3.63, 3.8) is 0 Å². The molecular weight excluding hydrogens is 423 g/mol. The first kappa shape index (κ1) is 24.2. The van der Waals surface area contributed by atoms with Crippen LogP contribution in [0.15, 0.2) is 53.4 Å². The summed E-state index contributed by atoms with van der Waals surface area (Å²) in [6, 6.07) is 12.7. The average molecular weight is 451 g/mol. The Morgan fingerprint density at radius 3 is 2.37 bits per heavy atom. The van der Waals surface area contributed by atoms with Gasteiger partial charge in [-0.1, -0.05) is 44.0 Å². The van der Waals surface area contributed by atoms with Crippen molar-refractivity contribution in [2.45, 2.75) is 50.6 Å². The molecule has 162 valence electrons. The van der Waals surface area contributed by atoms with Gasteiger partial charge in [-0.25, -0.2) is 4.39 Å². The standard InChI is InChI=1S/C23H28ClFN2O2S/c1-3-5-14-26-23(29)21(4-2)27(15-17-6-10-19(25)11-7-17)22(28)16-30-20-12-8-18(24)9-13-20/h6-13,21H,3-5,14-16H2,1-2H3,(H,26,29)/t21-/m1/s1. The molecule has 0 aromatic heterocycles. The van der Waals surface area contributed by atoms with E-state index in [2.05, 4.69) is 12.2 Å². The van der Waals surface area contributed by atoms with Crippen molar-refractivity contribution in [1.82, 2.24) is 10.2 Å². The third-order valence-corrected chi connectivity index (χ3v) is 5.91. The Bertz CT molecular complexity index is 815. The molecule has 0 heterocycles. The van der Waals surface area contributed by atoms with E-state index in [1.807, 2.05) is 19.1 Å². The van der Waals surface area contributed by atoms with Gasteiger partial charge in [0.25, 0.3) is 0 Å². The highest BCUT2D eigenvalue weighted by molar-refractivity contribution is 8.00. The third kappa shape index (κ3) is 7.65. The van der Waals surface area contributed by atoms with Gasteiger partial charge in [-0.3, -0.25) is 9.59 Å². The van der Waals surface area contributed by atoms with Gasteiger partial charge in [-0.05, 0) is 54.8 Å². The quantitative estimate of drug-likeness (QED) is 0.373. The number of carbonyl (C=O) groups is 2. The number of benzene rings is 2. The van der Waals surface area contributed by atoms with Gasteiger partial charge in [-0.2, -0.15) is 0 Å². The largest absolute Gasteiger partial charge is 0.354 e. The lowest BCUT2D eigenvalue weighted by Crippen LogP contribution is -2.49. The summed E-state index contributed by atoms with van der Waals surface area (Å²) in [7, 11) is 0. The second kappa shape index (κ2) is 12.6. The minimum Gasteiger partial charge on any atom is -0.354 e. The van der Waals surface area contributed by atoms with E-state index in [1.54, 1.807) is 29.2 Å². The summed E-state index contributed by atoms with van der Waals surface area (Å²) in [5.74, 6) is -0.435. The average Bonchev–Trinajstić information content (AvgIpc) is 2.74. The number of hydrogen-bond donors (Lipinski definition) is 1. The number of thioether (sulfide) groups is 1. The zero-order valence-electron chi connectivity index (χ0n) is 17.4. The lowest BCUT2D eigenvalue weighted by Gasteiger charge is -2.30. The van der Waals surface area contributed by atoms with Gasteiger partial charge in [0, 0.05) is 23.0 Å². The van der Waals surface area contributed by atoms with Crippen LogP contribution in [0.5, 0.6) is 0 Å². The molecule has 1 N–H and O–H groups in total. The molecule has 0 unspecified atom stereocenters. The molecule has 0 saturated heterocycles. The number of nitrogens with one attached hydrogen (secondary N) is 1. The van der Waals surface area contributed by atoms with Gasteiger partial charge in [-0.15, -0.1) is 11.8 Å². The Hall–Kier alpha value is -2.05. The summed E-state index contributed by atoms with van der Waals surface area (Å²) in [5, 5.41) is 3.57. The van der Waals surface area contributed by atoms with Crippen LogP contribution in [0.3, 0.4) is 0 Å². The van der Waals surface area contributed by atoms with E-state index in [1.165, 1.54) is 23.9 Å². The summed E-state index contributed by atoms with van der Waals surface area (Å²) < 4.78 is 13.3. The summed E-state index contributed by atoms with van der Waals surface area (Å²) in [6.45, 7) is 4.78. The molecule has 0 radical (unpaired) electrons. The van der Waals surface area contributed by atoms with Crippen LogP contribution in [0.1, 0.15) is 38.7 Å². The minimum absolute atomic E-state index is 0.142. The SMILES string of the molecule is CCCCNC(=O)[C@@H](CC)N(Cc1ccc(F)cc1)C(=O)CSc1ccc(Cl)cc1. The first-order valence-electron chi connectivity index (χ1n) is 10.1. The van der Waals surface area contributed by atoms with Crippen LogP contribution >= 0.6 is 23.4 Å². The Balaban J connectivity index is 2.15. The number of amides is 2. The highest BCUT2D eigenvalue weighted by Gasteiger charge is 2.28. The molecule has 2 rings (SSSR count). The van der Waals surface area contributed by atoms with Gasteiger partial charge >= 0.3 is 0 Å². The van der Waals surface area contributed by atoms with Crippen molar-refractivity contribution in [2.75, 3.05) is 12.3 Å². The van der Waals surface area contributed by atoms with Gasteiger partial charge in [0.1, 0.15) is 11.9 Å². The van der Waals surface area contributed by atoms with Crippen molar-refractivity contribution >= 4 is 35.2 Å². The summed E-state index contributed by atoms with van der Waals surface area (Å²) in [6.07, 6.45) is 2.37. The van der Waals surface area contributed by atoms with Gasteiger partial charge in [0.15, 0.2) is 0 Å². The number of hydrogen-bond acceptors (Lipinski definition) is 3. The van der Waals surface area contributed by atoms with Crippen molar-refractivity contribution < 1.29 is 14.0 Å². The molecule has 30 heavy (non-hydrogen) atoms. The van der Waals surface area contributed by atoms with Gasteiger partial charge < -0.3 is 10.2 Å². The fraction of sp³-hybridized carbons (Fsp3) is 0.391. The number of carbonyl (C=O) groups excluding carboxylic acids is 2. The van der Waals surface area contributed by atoms with Crippen molar-refractivity contribution in [2.24, 2.45) is 0 Å². The van der Waals surface area contributed by atoms with Crippen LogP contribution in [0, 0.1) is 5.82 Å². The van der Waals surface area contributed by atoms with E-state index in [-0.39, 0.29) is 29.9 Å². The molecule has 0 saturated carbocycles. The molecule has 1 atom stereocenters. The molecule has 0 aliphatic heterocycles. The van der Waals surface area contributed by atoms with E-state index >= 15 is 0 Å². The Labute approximate surface area is 187 Å². The van der Waals surface area contributed by atoms with Crippen LogP contribution in [-0.2, 0) is 16.1 Å². The summed E-state index contributed by atoms with van der Waals surface area (Å²) in [5.41, 5.74) is 0.779. The van der Waals surface area contributed by atoms with Crippen LogP contribution in [0.25, 0.3) is 0 Å². The maximum atomic E-state index is 13.3. The van der Waals surface area contributed by atoms with Crippen molar-refractivity contribution in [3.8, 4) is 0 Å². The molecule has 0 fully saturated rings. The van der Waals surface area contributed by atoms with E-state index in [9.17, 15) is 14.0 Å². The highest BCUT2D eigenvalue weighted by atomic mass is 35.5. The van der Waals surface area contributed by atoms with E-state index in [0.29, 0.717) is 18.0 Å². The smallest absolute Gasteiger partial charge is 0.242 e. The predicted octanol–water partition coefficient (Wildman–Crippen LogP) is 5.29. The lowest BCUT2D eigenvalue weighted by atomic mass is 10.1. The third-order valence-electron chi connectivity index (χ3n) is 4.66. The first-order valence-corrected chi connectivity index (χ1v) is 11.5. The molecule has 0 aliphatic carbocycles. The normalized spacial score (nSPS) is 11.7. The molecule has 2 amide bonds. The number of halogens is 2. The van der Waals surface area contributed by atoms with Crippen molar-refractivity contribution in [1.29, 1.82) is 0 Å². The molecule has 2 aromatic rings. The highest BCUT2D eigenvalue weighted by Crippen LogP contribution is 2.22. The monoisotopic (exact) mass is 450 g/mol. The predicted molar refractivity (Wildman–Crippen MR) is 121 cm³/mol. The number of unbranched alkanes of at least 4 members (excludes halogenated alkanes) is 1. The molecule has 0 bridgehead atoms. The maximum Gasteiger partial charge on any atom is 0.242 e. The van der Waals surface area contributed by atoms with Crippen LogP contribution in [0.4, 0.5) is 4.39 Å². The second-order valence-electron chi connectivity index (χ2n) is 6.96. The Morgan fingerprint density at radius 2 is 1.77 bits per heavy atom. The van der Waals surface area contributed by atoms with E-state index in [0.717, 1.165) is 23.3 Å². The maximum absolute atomic E-state index is 13.3. The lowest BCUT2D eigenvalue weighted by molar-refractivity contribution is -0.139. The topological polar surface area (TPSA) is 49.4 Å². The van der Waals surface area contributed by atoms with Gasteiger partial charge in [0.05, 0.1) is 5.75 Å². The fourth-order valence-electron chi connectivity index (χ4n) is 2.97. The van der Waals surface area contributed by atoms with E-state index in [4.69, 9.17) is 11.6 Å². The Kier molecular flexibility index (Phi) is 10.2. The van der Waals surface area contributed by atoms with Crippen LogP contribution < -0.4 is 5.32 Å². The minimum atomic E-state index is -0.578. The summed E-state index contributed by atoms with van der Waals surface area (Å²) >= 11 is 7.32. The molecule has 0 aliphatic rings. The molecule has 0 spiro atoms. The first-order chi connectivity index (χ1) is 14.4. The molecule has 2 aromatic carbocycles. The Morgan fingerprint density at radius 1 is 1.10 bits per heavy atom. The molecule has 7 heteroatoms.